The lowest BCUT2D eigenvalue weighted by molar-refractivity contribution is 0.0896. The molecule has 3 N–H and O–H groups in total. The molecule has 1 aromatic carbocycles. The molecule has 2 heterocycles. The average molecular weight is 449 g/mol. The van der Waals surface area contributed by atoms with Gasteiger partial charge in [-0.15, -0.1) is 0 Å². The predicted molar refractivity (Wildman–Crippen MR) is 117 cm³/mol. The summed E-state index contributed by atoms with van der Waals surface area (Å²) in [6, 6.07) is 5.15. The fourth-order valence-electron chi connectivity index (χ4n) is 4.40. The number of ketones is 1. The van der Waals surface area contributed by atoms with Crippen LogP contribution in [-0.4, -0.2) is 39.0 Å². The number of benzene rings is 1. The van der Waals surface area contributed by atoms with Crippen molar-refractivity contribution in [2.24, 2.45) is 11.1 Å². The van der Waals surface area contributed by atoms with E-state index >= 15 is 0 Å². The number of carbonyl (C=O) groups excluding carboxylic acids is 2. The Kier molecular flexibility index (Phi) is 5.81. The highest BCUT2D eigenvalue weighted by Crippen LogP contribution is 2.39. The molecule has 1 amide bonds. The van der Waals surface area contributed by atoms with Gasteiger partial charge in [-0.05, 0) is 54.4 Å². The molecule has 6 nitrogen and oxygen atoms in total. The number of hydrogen-bond donors (Lipinski definition) is 2. The fraction of sp³-hybridized carbons (Fsp3) is 0.500. The molecule has 9 heteroatoms. The van der Waals surface area contributed by atoms with Crippen LogP contribution in [0.5, 0.6) is 0 Å². The lowest BCUT2D eigenvalue weighted by atomic mass is 9.75. The maximum Gasteiger partial charge on any atom is 0.282 e. The number of aromatic nitrogens is 2. The van der Waals surface area contributed by atoms with Gasteiger partial charge in [-0.1, -0.05) is 13.8 Å². The SMILES string of the molecule is CC1(C)CC(=O)c2c(C(F)F)nn(-c3ccc(C(N)=O)c(NC4CCSCC4)c3)c2C1. The van der Waals surface area contributed by atoms with E-state index in [9.17, 15) is 18.4 Å². The van der Waals surface area contributed by atoms with Crippen LogP contribution in [0.1, 0.15) is 71.6 Å². The van der Waals surface area contributed by atoms with Gasteiger partial charge in [-0.25, -0.2) is 13.5 Å². The zero-order chi connectivity index (χ0) is 22.3. The van der Waals surface area contributed by atoms with E-state index in [-0.39, 0.29) is 29.2 Å². The monoisotopic (exact) mass is 448 g/mol. The number of thioether (sulfide) groups is 1. The predicted octanol–water partition coefficient (Wildman–Crippen LogP) is 4.37. The summed E-state index contributed by atoms with van der Waals surface area (Å²) in [5.74, 6) is 1.20. The van der Waals surface area contributed by atoms with E-state index in [1.807, 2.05) is 25.6 Å². The molecule has 0 atom stereocenters. The van der Waals surface area contributed by atoms with Crippen LogP contribution in [0, 0.1) is 5.41 Å². The number of primary amides is 1. The molecule has 1 aliphatic heterocycles. The minimum absolute atomic E-state index is 0.0344. The third kappa shape index (κ3) is 4.33. The van der Waals surface area contributed by atoms with Crippen molar-refractivity contribution in [2.75, 3.05) is 16.8 Å². The summed E-state index contributed by atoms with van der Waals surface area (Å²) in [6.07, 6.45) is -0.264. The standard InChI is InChI=1S/C22H26F2N4O2S/c1-22(2)10-16-18(17(29)11-22)19(20(23)24)27-28(16)13-3-4-14(21(25)30)15(9-13)26-12-5-7-31-8-6-12/h3-4,9,12,20,26H,5-8,10-11H2,1-2H3,(H2,25,30). The van der Waals surface area contributed by atoms with Crippen molar-refractivity contribution in [1.82, 2.24) is 9.78 Å². The summed E-state index contributed by atoms with van der Waals surface area (Å²) in [5, 5.41) is 7.54. The van der Waals surface area contributed by atoms with E-state index in [0.29, 0.717) is 29.1 Å². The zero-order valence-electron chi connectivity index (χ0n) is 17.6. The maximum atomic E-state index is 13.7. The minimum Gasteiger partial charge on any atom is -0.382 e. The second-order valence-electron chi connectivity index (χ2n) is 8.99. The van der Waals surface area contributed by atoms with E-state index in [1.165, 1.54) is 4.68 Å². The van der Waals surface area contributed by atoms with Gasteiger partial charge in [0.2, 0.25) is 0 Å². The highest BCUT2D eigenvalue weighted by atomic mass is 32.2. The summed E-state index contributed by atoms with van der Waals surface area (Å²) < 4.78 is 28.8. The van der Waals surface area contributed by atoms with Gasteiger partial charge in [0.15, 0.2) is 5.78 Å². The van der Waals surface area contributed by atoms with Crippen LogP contribution in [-0.2, 0) is 6.42 Å². The van der Waals surface area contributed by atoms with Crippen molar-refractivity contribution < 1.29 is 18.4 Å². The molecule has 1 aliphatic carbocycles. The van der Waals surface area contributed by atoms with Crippen molar-refractivity contribution in [3.8, 4) is 5.69 Å². The molecule has 2 aliphatic rings. The number of halogens is 2. The molecule has 1 saturated heterocycles. The van der Waals surface area contributed by atoms with E-state index < -0.39 is 18.0 Å². The number of carbonyl (C=O) groups is 2. The highest BCUT2D eigenvalue weighted by Gasteiger charge is 2.38. The van der Waals surface area contributed by atoms with Crippen LogP contribution < -0.4 is 11.1 Å². The highest BCUT2D eigenvalue weighted by molar-refractivity contribution is 7.99. The number of nitrogens with two attached hydrogens (primary N) is 1. The Hall–Kier alpha value is -2.42. The number of hydrogen-bond acceptors (Lipinski definition) is 5. The number of Topliss-reactive ketones (excluding diaryl/α,β-unsaturated/α-hetero) is 1. The molecule has 0 saturated carbocycles. The first-order valence-corrected chi connectivity index (χ1v) is 11.5. The summed E-state index contributed by atoms with van der Waals surface area (Å²) >= 11 is 1.89. The molecule has 166 valence electrons. The average Bonchev–Trinajstić information content (AvgIpc) is 3.07. The normalized spacial score (nSPS) is 18.8. The summed E-state index contributed by atoms with van der Waals surface area (Å²) in [4.78, 5) is 24.7. The summed E-state index contributed by atoms with van der Waals surface area (Å²) in [6.45, 7) is 3.88. The third-order valence-electron chi connectivity index (χ3n) is 5.87. The second kappa shape index (κ2) is 8.26. The van der Waals surface area contributed by atoms with E-state index in [1.54, 1.807) is 18.2 Å². The first-order chi connectivity index (χ1) is 14.7. The molecule has 1 fully saturated rings. The number of rotatable bonds is 5. The van der Waals surface area contributed by atoms with Crippen molar-refractivity contribution in [3.05, 3.63) is 40.7 Å². The number of alkyl halides is 2. The van der Waals surface area contributed by atoms with E-state index in [4.69, 9.17) is 5.73 Å². The number of nitrogens with one attached hydrogen (secondary N) is 1. The van der Waals surface area contributed by atoms with Crippen LogP contribution in [0.15, 0.2) is 18.2 Å². The van der Waals surface area contributed by atoms with Crippen molar-refractivity contribution in [2.45, 2.75) is 52.0 Å². The molecule has 0 radical (unpaired) electrons. The van der Waals surface area contributed by atoms with Crippen LogP contribution in [0.3, 0.4) is 0 Å². The smallest absolute Gasteiger partial charge is 0.282 e. The van der Waals surface area contributed by atoms with Gasteiger partial charge in [0.05, 0.1) is 22.5 Å². The Labute approximate surface area is 183 Å². The number of nitrogens with zero attached hydrogens (tertiary/aromatic N) is 2. The van der Waals surface area contributed by atoms with Gasteiger partial charge >= 0.3 is 0 Å². The first kappa shape index (κ1) is 21.8. The Morgan fingerprint density at radius 3 is 2.65 bits per heavy atom. The van der Waals surface area contributed by atoms with E-state index in [2.05, 4.69) is 10.4 Å². The van der Waals surface area contributed by atoms with Crippen LogP contribution in [0.2, 0.25) is 0 Å². The Balaban J connectivity index is 1.81. The Bertz CT molecular complexity index is 1030. The molecule has 0 bridgehead atoms. The van der Waals surface area contributed by atoms with Crippen molar-refractivity contribution >= 4 is 29.1 Å². The fourth-order valence-corrected chi connectivity index (χ4v) is 5.51. The summed E-state index contributed by atoms with van der Waals surface area (Å²) in [5.41, 5.74) is 6.68. The first-order valence-electron chi connectivity index (χ1n) is 10.4. The van der Waals surface area contributed by atoms with E-state index in [0.717, 1.165) is 24.3 Å². The van der Waals surface area contributed by atoms with Crippen molar-refractivity contribution in [1.29, 1.82) is 0 Å². The quantitative estimate of drug-likeness (QED) is 0.709. The third-order valence-corrected chi connectivity index (χ3v) is 6.92. The Morgan fingerprint density at radius 2 is 2.00 bits per heavy atom. The lowest BCUT2D eigenvalue weighted by Crippen LogP contribution is -2.28. The number of anilines is 1. The van der Waals surface area contributed by atoms with Gasteiger partial charge < -0.3 is 11.1 Å². The van der Waals surface area contributed by atoms with Gasteiger partial charge in [0.1, 0.15) is 5.69 Å². The maximum absolute atomic E-state index is 13.7. The lowest BCUT2D eigenvalue weighted by Gasteiger charge is -2.29. The molecule has 1 aromatic heterocycles. The van der Waals surface area contributed by atoms with Gasteiger partial charge in [0.25, 0.3) is 12.3 Å². The van der Waals surface area contributed by atoms with Crippen molar-refractivity contribution in [3.63, 3.8) is 0 Å². The largest absolute Gasteiger partial charge is 0.382 e. The Morgan fingerprint density at radius 1 is 1.29 bits per heavy atom. The molecule has 0 unspecified atom stereocenters. The number of fused-ring (bicyclic) bond motifs is 1. The van der Waals surface area contributed by atoms with Gasteiger partial charge in [-0.2, -0.15) is 16.9 Å². The minimum atomic E-state index is -2.85. The van der Waals surface area contributed by atoms with Crippen LogP contribution in [0.25, 0.3) is 5.69 Å². The van der Waals surface area contributed by atoms with Crippen LogP contribution in [0.4, 0.5) is 14.5 Å². The van der Waals surface area contributed by atoms with Crippen LogP contribution >= 0.6 is 11.8 Å². The molecular formula is C22H26F2N4O2S. The molecule has 0 spiro atoms. The molecule has 2 aromatic rings. The zero-order valence-corrected chi connectivity index (χ0v) is 18.4. The molecular weight excluding hydrogens is 422 g/mol. The topological polar surface area (TPSA) is 90.0 Å². The number of amides is 1. The van der Waals surface area contributed by atoms with Gasteiger partial charge in [-0.3, -0.25) is 9.59 Å². The second-order valence-corrected chi connectivity index (χ2v) is 10.2. The molecule has 31 heavy (non-hydrogen) atoms. The summed E-state index contributed by atoms with van der Waals surface area (Å²) in [7, 11) is 0. The van der Waals surface area contributed by atoms with Gasteiger partial charge in [0, 0.05) is 18.2 Å². The molecule has 4 rings (SSSR count).